The lowest BCUT2D eigenvalue weighted by molar-refractivity contribution is 0.0921. The number of fused-ring (bicyclic) bond motifs is 2. The van der Waals surface area contributed by atoms with E-state index in [1.807, 2.05) is 36.5 Å². The maximum absolute atomic E-state index is 12.9. The Morgan fingerprint density at radius 1 is 1.17 bits per heavy atom. The van der Waals surface area contributed by atoms with E-state index in [9.17, 15) is 4.79 Å². The molecule has 6 heteroatoms. The van der Waals surface area contributed by atoms with E-state index in [-0.39, 0.29) is 11.9 Å². The Kier molecular flexibility index (Phi) is 5.49. The molecule has 1 fully saturated rings. The number of nitrogens with one attached hydrogen (secondary N) is 2. The number of carbonyl (C=O) groups is 1. The van der Waals surface area contributed by atoms with Gasteiger partial charge in [-0.05, 0) is 62.8 Å². The quantitative estimate of drug-likeness (QED) is 0.681. The smallest absolute Gasteiger partial charge is 0.252 e. The molecule has 2 aliphatic rings. The van der Waals surface area contributed by atoms with Crippen LogP contribution in [0.3, 0.4) is 0 Å². The van der Waals surface area contributed by atoms with Crippen LogP contribution < -0.4 is 5.32 Å². The molecule has 0 saturated heterocycles. The largest absolute Gasteiger partial charge is 0.349 e. The molecule has 30 heavy (non-hydrogen) atoms. The van der Waals surface area contributed by atoms with Gasteiger partial charge in [0, 0.05) is 54.0 Å². The normalized spacial score (nSPS) is 22.0. The SMILES string of the molecule is O=C(NC1CCC(CCN2CCc3[nH]ncc3C2)CC1)c1cccc2ncccc12. The van der Waals surface area contributed by atoms with Crippen molar-refractivity contribution in [3.63, 3.8) is 0 Å². The van der Waals surface area contributed by atoms with Crippen molar-refractivity contribution in [2.24, 2.45) is 5.92 Å². The minimum atomic E-state index is 0.0290. The second-order valence-corrected chi connectivity index (χ2v) is 8.76. The molecule has 156 valence electrons. The lowest BCUT2D eigenvalue weighted by Crippen LogP contribution is -2.38. The van der Waals surface area contributed by atoms with Gasteiger partial charge in [-0.25, -0.2) is 0 Å². The van der Waals surface area contributed by atoms with Gasteiger partial charge >= 0.3 is 0 Å². The van der Waals surface area contributed by atoms with Gasteiger partial charge in [-0.3, -0.25) is 19.8 Å². The van der Waals surface area contributed by atoms with E-state index in [4.69, 9.17) is 0 Å². The molecule has 0 bridgehead atoms. The number of aromatic nitrogens is 3. The van der Waals surface area contributed by atoms with Crippen molar-refractivity contribution in [2.45, 2.75) is 51.1 Å². The van der Waals surface area contributed by atoms with Gasteiger partial charge < -0.3 is 5.32 Å². The summed E-state index contributed by atoms with van der Waals surface area (Å²) in [7, 11) is 0. The number of hydrogen-bond acceptors (Lipinski definition) is 4. The first kappa shape index (κ1) is 19.2. The van der Waals surface area contributed by atoms with E-state index < -0.39 is 0 Å². The number of aromatic amines is 1. The molecule has 0 radical (unpaired) electrons. The van der Waals surface area contributed by atoms with Crippen LogP contribution in [-0.4, -0.2) is 45.1 Å². The van der Waals surface area contributed by atoms with Gasteiger partial charge in [0.1, 0.15) is 0 Å². The Morgan fingerprint density at radius 2 is 2.07 bits per heavy atom. The lowest BCUT2D eigenvalue weighted by atomic mass is 9.83. The zero-order valence-corrected chi connectivity index (χ0v) is 17.3. The fourth-order valence-corrected chi connectivity index (χ4v) is 5.00. The first-order chi connectivity index (χ1) is 14.8. The first-order valence-electron chi connectivity index (χ1n) is 11.1. The van der Waals surface area contributed by atoms with Crippen molar-refractivity contribution in [3.05, 3.63) is 59.5 Å². The maximum Gasteiger partial charge on any atom is 0.252 e. The molecule has 2 aromatic heterocycles. The molecule has 3 aromatic rings. The van der Waals surface area contributed by atoms with Crippen LogP contribution >= 0.6 is 0 Å². The Balaban J connectivity index is 1.10. The van der Waals surface area contributed by atoms with Gasteiger partial charge in [0.05, 0.1) is 11.7 Å². The predicted octanol–water partition coefficient (Wildman–Crippen LogP) is 3.69. The fraction of sp³-hybridized carbons (Fsp3) is 0.458. The Labute approximate surface area is 177 Å². The molecule has 0 spiro atoms. The van der Waals surface area contributed by atoms with Gasteiger partial charge in [-0.15, -0.1) is 0 Å². The monoisotopic (exact) mass is 403 g/mol. The van der Waals surface area contributed by atoms with Crippen LogP contribution in [-0.2, 0) is 13.0 Å². The number of carbonyl (C=O) groups excluding carboxylic acids is 1. The van der Waals surface area contributed by atoms with Crippen LogP contribution in [0, 0.1) is 5.92 Å². The zero-order chi connectivity index (χ0) is 20.3. The van der Waals surface area contributed by atoms with Gasteiger partial charge in [0.2, 0.25) is 0 Å². The highest BCUT2D eigenvalue weighted by Crippen LogP contribution is 2.28. The molecule has 1 aliphatic heterocycles. The van der Waals surface area contributed by atoms with Crippen LogP contribution in [0.2, 0.25) is 0 Å². The Hall–Kier alpha value is -2.73. The number of rotatable bonds is 5. The van der Waals surface area contributed by atoms with Crippen LogP contribution in [0.5, 0.6) is 0 Å². The highest BCUT2D eigenvalue weighted by Gasteiger charge is 2.25. The first-order valence-corrected chi connectivity index (χ1v) is 11.1. The highest BCUT2D eigenvalue weighted by molar-refractivity contribution is 6.06. The predicted molar refractivity (Wildman–Crippen MR) is 117 cm³/mol. The molecule has 1 aromatic carbocycles. The van der Waals surface area contributed by atoms with Crippen LogP contribution in [0.25, 0.3) is 10.9 Å². The summed E-state index contributed by atoms with van der Waals surface area (Å²) in [6.45, 7) is 3.31. The molecule has 5 rings (SSSR count). The van der Waals surface area contributed by atoms with Crippen molar-refractivity contribution in [3.8, 4) is 0 Å². The minimum Gasteiger partial charge on any atom is -0.349 e. The van der Waals surface area contributed by atoms with Crippen molar-refractivity contribution in [1.82, 2.24) is 25.4 Å². The minimum absolute atomic E-state index is 0.0290. The van der Waals surface area contributed by atoms with E-state index >= 15 is 0 Å². The van der Waals surface area contributed by atoms with Crippen molar-refractivity contribution < 1.29 is 4.79 Å². The topological polar surface area (TPSA) is 73.9 Å². The van der Waals surface area contributed by atoms with E-state index in [0.717, 1.165) is 61.3 Å². The molecular weight excluding hydrogens is 374 g/mol. The third kappa shape index (κ3) is 4.10. The summed E-state index contributed by atoms with van der Waals surface area (Å²) < 4.78 is 0. The van der Waals surface area contributed by atoms with E-state index in [0.29, 0.717) is 0 Å². The third-order valence-electron chi connectivity index (χ3n) is 6.81. The average Bonchev–Trinajstić information content (AvgIpc) is 3.26. The summed E-state index contributed by atoms with van der Waals surface area (Å²) in [6.07, 6.45) is 10.6. The van der Waals surface area contributed by atoms with Crippen LogP contribution in [0.15, 0.2) is 42.7 Å². The molecule has 3 heterocycles. The van der Waals surface area contributed by atoms with Gasteiger partial charge in [0.25, 0.3) is 5.91 Å². The number of pyridine rings is 1. The number of hydrogen-bond donors (Lipinski definition) is 2. The Morgan fingerprint density at radius 3 is 2.97 bits per heavy atom. The zero-order valence-electron chi connectivity index (χ0n) is 17.3. The third-order valence-corrected chi connectivity index (χ3v) is 6.81. The number of amides is 1. The van der Waals surface area contributed by atoms with Crippen molar-refractivity contribution in [2.75, 3.05) is 13.1 Å². The summed E-state index contributed by atoms with van der Waals surface area (Å²) in [5.74, 6) is 0.798. The summed E-state index contributed by atoms with van der Waals surface area (Å²) in [5.41, 5.74) is 4.27. The van der Waals surface area contributed by atoms with Gasteiger partial charge in [-0.1, -0.05) is 12.1 Å². The number of H-pyrrole nitrogens is 1. The van der Waals surface area contributed by atoms with Gasteiger partial charge in [0.15, 0.2) is 0 Å². The van der Waals surface area contributed by atoms with Crippen LogP contribution in [0.4, 0.5) is 0 Å². The number of nitrogens with zero attached hydrogens (tertiary/aromatic N) is 3. The molecule has 6 nitrogen and oxygen atoms in total. The molecule has 1 amide bonds. The van der Waals surface area contributed by atoms with Crippen LogP contribution in [0.1, 0.15) is 53.7 Å². The fourth-order valence-electron chi connectivity index (χ4n) is 5.00. The Bertz CT molecular complexity index is 1020. The average molecular weight is 404 g/mol. The van der Waals surface area contributed by atoms with E-state index in [1.165, 1.54) is 30.5 Å². The maximum atomic E-state index is 12.9. The molecule has 0 unspecified atom stereocenters. The molecule has 0 atom stereocenters. The molecular formula is C24H29N5O. The summed E-state index contributed by atoms with van der Waals surface area (Å²) in [6, 6.07) is 9.90. The standard InChI is InChI=1S/C24H29N5O/c30-24(21-3-1-5-23-20(21)4-2-12-25-23)27-19-8-6-17(7-9-19)10-13-29-14-11-22-18(16-29)15-26-28-22/h1-5,12,15,17,19H,6-11,13-14,16H2,(H,26,28)(H,27,30). The second-order valence-electron chi connectivity index (χ2n) is 8.76. The summed E-state index contributed by atoms with van der Waals surface area (Å²) >= 11 is 0. The van der Waals surface area contributed by atoms with Crippen molar-refractivity contribution in [1.29, 1.82) is 0 Å². The second kappa shape index (κ2) is 8.56. The lowest BCUT2D eigenvalue weighted by Gasteiger charge is -2.32. The molecule has 1 aliphatic carbocycles. The van der Waals surface area contributed by atoms with Crippen molar-refractivity contribution >= 4 is 16.8 Å². The molecule has 1 saturated carbocycles. The van der Waals surface area contributed by atoms with E-state index in [2.05, 4.69) is 25.4 Å². The highest BCUT2D eigenvalue weighted by atomic mass is 16.1. The summed E-state index contributed by atoms with van der Waals surface area (Å²) in [4.78, 5) is 19.8. The van der Waals surface area contributed by atoms with E-state index in [1.54, 1.807) is 6.20 Å². The van der Waals surface area contributed by atoms with Gasteiger partial charge in [-0.2, -0.15) is 5.10 Å². The summed E-state index contributed by atoms with van der Waals surface area (Å²) in [5, 5.41) is 11.5. The molecule has 2 N–H and O–H groups in total. The number of benzene rings is 1.